The third-order valence-corrected chi connectivity index (χ3v) is 5.41. The first kappa shape index (κ1) is 21.3. The Morgan fingerprint density at radius 3 is 2.66 bits per heavy atom. The predicted octanol–water partition coefficient (Wildman–Crippen LogP) is 3.40. The van der Waals surface area contributed by atoms with Gasteiger partial charge >= 0.3 is 0 Å². The van der Waals surface area contributed by atoms with E-state index in [-0.39, 0.29) is 31.4 Å². The van der Waals surface area contributed by atoms with E-state index in [0.717, 1.165) is 28.0 Å². The van der Waals surface area contributed by atoms with Gasteiger partial charge in [0.1, 0.15) is 18.1 Å². The van der Waals surface area contributed by atoms with Gasteiger partial charge in [-0.3, -0.25) is 9.59 Å². The maximum atomic E-state index is 12.5. The fraction of sp³-hybridized carbons (Fsp3) is 0.231. The van der Waals surface area contributed by atoms with E-state index < -0.39 is 5.92 Å². The summed E-state index contributed by atoms with van der Waals surface area (Å²) in [5, 5.41) is 4.95. The van der Waals surface area contributed by atoms with Gasteiger partial charge < -0.3 is 19.7 Å². The van der Waals surface area contributed by atoms with Crippen molar-refractivity contribution in [1.29, 1.82) is 0 Å². The lowest BCUT2D eigenvalue weighted by Gasteiger charge is -2.16. The SMILES string of the molecule is COc1ccc(N2CC(C(=O)NCC#CCOc3cccc4ccccc34)CC2=O)cc1. The zero-order valence-electron chi connectivity index (χ0n) is 17.8. The van der Waals surface area contributed by atoms with Crippen LogP contribution in [0.5, 0.6) is 11.5 Å². The van der Waals surface area contributed by atoms with E-state index in [1.807, 2.05) is 54.6 Å². The summed E-state index contributed by atoms with van der Waals surface area (Å²) in [4.78, 5) is 26.4. The van der Waals surface area contributed by atoms with Crippen LogP contribution in [0.2, 0.25) is 0 Å². The van der Waals surface area contributed by atoms with Crippen molar-refractivity contribution >= 4 is 28.3 Å². The van der Waals surface area contributed by atoms with E-state index in [1.165, 1.54) is 0 Å². The number of ether oxygens (including phenoxy) is 2. The monoisotopic (exact) mass is 428 g/mol. The van der Waals surface area contributed by atoms with Gasteiger partial charge in [-0.1, -0.05) is 48.2 Å². The molecule has 0 bridgehead atoms. The van der Waals surface area contributed by atoms with Gasteiger partial charge in [0.15, 0.2) is 0 Å². The second-order valence-electron chi connectivity index (χ2n) is 7.44. The van der Waals surface area contributed by atoms with Gasteiger partial charge in [0.2, 0.25) is 11.8 Å². The van der Waals surface area contributed by atoms with Crippen LogP contribution < -0.4 is 19.7 Å². The van der Waals surface area contributed by atoms with Gasteiger partial charge in [0, 0.05) is 24.0 Å². The molecule has 162 valence electrons. The zero-order valence-corrected chi connectivity index (χ0v) is 17.8. The van der Waals surface area contributed by atoms with Crippen molar-refractivity contribution in [3.8, 4) is 23.3 Å². The highest BCUT2D eigenvalue weighted by Crippen LogP contribution is 2.27. The molecular weight excluding hydrogens is 404 g/mol. The first-order valence-electron chi connectivity index (χ1n) is 10.4. The second-order valence-corrected chi connectivity index (χ2v) is 7.44. The van der Waals surface area contributed by atoms with E-state index in [4.69, 9.17) is 9.47 Å². The zero-order chi connectivity index (χ0) is 22.3. The summed E-state index contributed by atoms with van der Waals surface area (Å²) in [6, 6.07) is 21.1. The summed E-state index contributed by atoms with van der Waals surface area (Å²) >= 11 is 0. The molecule has 1 aliphatic rings. The van der Waals surface area contributed by atoms with Crippen LogP contribution in [0.3, 0.4) is 0 Å². The van der Waals surface area contributed by atoms with Crippen molar-refractivity contribution < 1.29 is 19.1 Å². The normalized spacial score (nSPS) is 15.2. The number of carbonyl (C=O) groups excluding carboxylic acids is 2. The van der Waals surface area contributed by atoms with Crippen LogP contribution in [-0.2, 0) is 9.59 Å². The van der Waals surface area contributed by atoms with Crippen molar-refractivity contribution in [3.05, 3.63) is 66.7 Å². The molecule has 1 aliphatic heterocycles. The molecule has 0 spiro atoms. The highest BCUT2D eigenvalue weighted by atomic mass is 16.5. The fourth-order valence-electron chi connectivity index (χ4n) is 3.72. The van der Waals surface area contributed by atoms with Gasteiger partial charge in [0.05, 0.1) is 19.6 Å². The average Bonchev–Trinajstić information content (AvgIpc) is 3.23. The molecule has 1 N–H and O–H groups in total. The van der Waals surface area contributed by atoms with Crippen molar-refractivity contribution in [3.63, 3.8) is 0 Å². The molecule has 0 aliphatic carbocycles. The molecule has 0 radical (unpaired) electrons. The van der Waals surface area contributed by atoms with Crippen molar-refractivity contribution in [1.82, 2.24) is 5.32 Å². The maximum absolute atomic E-state index is 12.5. The van der Waals surface area contributed by atoms with Gasteiger partial charge in [-0.15, -0.1) is 0 Å². The second kappa shape index (κ2) is 9.88. The van der Waals surface area contributed by atoms with E-state index >= 15 is 0 Å². The predicted molar refractivity (Wildman–Crippen MR) is 124 cm³/mol. The van der Waals surface area contributed by atoms with Crippen molar-refractivity contribution in [2.75, 3.05) is 31.7 Å². The number of anilines is 1. The minimum Gasteiger partial charge on any atom is -0.497 e. The Hall–Kier alpha value is -3.98. The Labute approximate surface area is 187 Å². The molecule has 1 heterocycles. The minimum atomic E-state index is -0.390. The Morgan fingerprint density at radius 2 is 1.84 bits per heavy atom. The lowest BCUT2D eigenvalue weighted by molar-refractivity contribution is -0.126. The van der Waals surface area contributed by atoms with Crippen LogP contribution >= 0.6 is 0 Å². The van der Waals surface area contributed by atoms with Crippen LogP contribution in [0.15, 0.2) is 66.7 Å². The van der Waals surface area contributed by atoms with E-state index in [2.05, 4.69) is 17.2 Å². The summed E-state index contributed by atoms with van der Waals surface area (Å²) in [6.07, 6.45) is 0.190. The topological polar surface area (TPSA) is 67.9 Å². The Balaban J connectivity index is 1.25. The van der Waals surface area contributed by atoms with E-state index in [1.54, 1.807) is 24.1 Å². The fourth-order valence-corrected chi connectivity index (χ4v) is 3.72. The van der Waals surface area contributed by atoms with Crippen LogP contribution in [-0.4, -0.2) is 38.6 Å². The maximum Gasteiger partial charge on any atom is 0.227 e. The lowest BCUT2D eigenvalue weighted by Crippen LogP contribution is -2.33. The molecule has 2 amide bonds. The molecule has 6 nitrogen and oxygen atoms in total. The molecule has 3 aromatic rings. The van der Waals surface area contributed by atoms with Gasteiger partial charge in [-0.05, 0) is 35.7 Å². The molecule has 1 fully saturated rings. The molecular formula is C26H24N2O4. The van der Waals surface area contributed by atoms with Crippen LogP contribution in [0.25, 0.3) is 10.8 Å². The van der Waals surface area contributed by atoms with Gasteiger partial charge in [-0.2, -0.15) is 0 Å². The van der Waals surface area contributed by atoms with E-state index in [9.17, 15) is 9.59 Å². The molecule has 4 rings (SSSR count). The highest BCUT2D eigenvalue weighted by Gasteiger charge is 2.34. The van der Waals surface area contributed by atoms with Crippen LogP contribution in [0, 0.1) is 17.8 Å². The third-order valence-electron chi connectivity index (χ3n) is 5.41. The lowest BCUT2D eigenvalue weighted by atomic mass is 10.1. The summed E-state index contributed by atoms with van der Waals surface area (Å²) in [5.74, 6) is 6.71. The average molecular weight is 428 g/mol. The Kier molecular flexibility index (Phi) is 6.57. The number of carbonyl (C=O) groups is 2. The van der Waals surface area contributed by atoms with Crippen molar-refractivity contribution in [2.24, 2.45) is 5.92 Å². The number of benzene rings is 3. The number of methoxy groups -OCH3 is 1. The number of hydrogen-bond donors (Lipinski definition) is 1. The number of nitrogens with zero attached hydrogens (tertiary/aromatic N) is 1. The van der Waals surface area contributed by atoms with Gasteiger partial charge in [-0.25, -0.2) is 0 Å². The largest absolute Gasteiger partial charge is 0.497 e. The molecule has 6 heteroatoms. The minimum absolute atomic E-state index is 0.0649. The molecule has 1 atom stereocenters. The van der Waals surface area contributed by atoms with Crippen LogP contribution in [0.4, 0.5) is 5.69 Å². The molecule has 1 unspecified atom stereocenters. The molecule has 0 aromatic heterocycles. The smallest absolute Gasteiger partial charge is 0.227 e. The number of hydrogen-bond acceptors (Lipinski definition) is 4. The quantitative estimate of drug-likeness (QED) is 0.611. The summed E-state index contributed by atoms with van der Waals surface area (Å²) in [7, 11) is 1.59. The highest BCUT2D eigenvalue weighted by molar-refractivity contribution is 6.00. The van der Waals surface area contributed by atoms with Crippen molar-refractivity contribution in [2.45, 2.75) is 6.42 Å². The first-order valence-corrected chi connectivity index (χ1v) is 10.4. The van der Waals surface area contributed by atoms with E-state index in [0.29, 0.717) is 6.54 Å². The summed E-state index contributed by atoms with van der Waals surface area (Å²) in [6.45, 7) is 0.802. The molecule has 32 heavy (non-hydrogen) atoms. The standard InChI is InChI=1S/C26H24N2O4/c1-31-22-13-11-21(12-14-22)28-18-20(17-25(28)29)26(30)27-15-4-5-16-32-24-10-6-8-19-7-2-3-9-23(19)24/h2-3,6-14,20H,15-18H2,1H3,(H,27,30). The number of amides is 2. The number of fused-ring (bicyclic) bond motifs is 1. The van der Waals surface area contributed by atoms with Gasteiger partial charge in [0.25, 0.3) is 0 Å². The third kappa shape index (κ3) is 4.84. The number of rotatable bonds is 6. The first-order chi connectivity index (χ1) is 15.7. The van der Waals surface area contributed by atoms with Crippen LogP contribution in [0.1, 0.15) is 6.42 Å². The Bertz CT molecular complexity index is 1170. The summed E-state index contributed by atoms with van der Waals surface area (Å²) in [5.41, 5.74) is 0.761. The summed E-state index contributed by atoms with van der Waals surface area (Å²) < 4.78 is 10.9. The molecule has 0 saturated carbocycles. The Morgan fingerprint density at radius 1 is 1.06 bits per heavy atom. The number of nitrogens with one attached hydrogen (secondary N) is 1. The molecule has 1 saturated heterocycles. The molecule has 3 aromatic carbocycles.